The number of amides is 1. The van der Waals surface area contributed by atoms with Gasteiger partial charge in [-0.1, -0.05) is 44.1 Å². The smallest absolute Gasteiger partial charge is 0.312 e. The number of para-hydroxylation sites is 1. The average molecular weight is 420 g/mol. The number of carbonyl (C=O) groups is 2. The van der Waals surface area contributed by atoms with Gasteiger partial charge in [-0.15, -0.1) is 0 Å². The van der Waals surface area contributed by atoms with Crippen molar-refractivity contribution < 1.29 is 19.1 Å². The highest BCUT2D eigenvalue weighted by atomic mass is 79.9. The van der Waals surface area contributed by atoms with Gasteiger partial charge < -0.3 is 14.4 Å². The van der Waals surface area contributed by atoms with E-state index in [0.29, 0.717) is 13.2 Å². The number of fused-ring (bicyclic) bond motifs is 1. The molecule has 0 aromatic heterocycles. The normalized spacial score (nSPS) is 31.5. The van der Waals surface area contributed by atoms with Crippen LogP contribution in [0.3, 0.4) is 0 Å². The Labute approximate surface area is 161 Å². The molecule has 1 aromatic carbocycles. The summed E-state index contributed by atoms with van der Waals surface area (Å²) in [4.78, 5) is 27.6. The lowest BCUT2D eigenvalue weighted by molar-refractivity contribution is -0.152. The summed E-state index contributed by atoms with van der Waals surface area (Å²) in [7, 11) is 0. The van der Waals surface area contributed by atoms with E-state index < -0.39 is 17.4 Å². The zero-order valence-corrected chi connectivity index (χ0v) is 16.3. The Balaban J connectivity index is 1.56. The van der Waals surface area contributed by atoms with Crippen LogP contribution in [0.25, 0.3) is 0 Å². The summed E-state index contributed by atoms with van der Waals surface area (Å²) in [5, 5.41) is 0. The molecule has 6 heteroatoms. The van der Waals surface area contributed by atoms with Crippen molar-refractivity contribution in [3.63, 3.8) is 0 Å². The monoisotopic (exact) mass is 419 g/mol. The number of unbranched alkanes of at least 4 members (excludes halogenated alkanes) is 2. The van der Waals surface area contributed by atoms with Crippen LogP contribution in [0, 0.1) is 11.8 Å². The van der Waals surface area contributed by atoms with Crippen molar-refractivity contribution >= 4 is 33.5 Å². The number of esters is 1. The third-order valence-corrected chi connectivity index (χ3v) is 6.18. The summed E-state index contributed by atoms with van der Waals surface area (Å²) < 4.78 is 12.4. The second kappa shape index (κ2) is 6.82. The summed E-state index contributed by atoms with van der Waals surface area (Å²) in [5.41, 5.74) is 0.0845. The van der Waals surface area contributed by atoms with Gasteiger partial charge in [0.05, 0.1) is 30.9 Å². The fraction of sp³-hybridized carbons (Fsp3) is 0.500. The maximum atomic E-state index is 13.2. The van der Waals surface area contributed by atoms with E-state index >= 15 is 0 Å². The number of rotatable bonds is 6. The molecule has 0 aliphatic carbocycles. The lowest BCUT2D eigenvalue weighted by Gasteiger charge is -2.22. The molecule has 0 N–H and O–H groups in total. The van der Waals surface area contributed by atoms with Gasteiger partial charge in [-0.05, 0) is 34.5 Å². The molecule has 5 nitrogen and oxygen atoms in total. The van der Waals surface area contributed by atoms with Gasteiger partial charge in [0.2, 0.25) is 5.91 Å². The van der Waals surface area contributed by atoms with Gasteiger partial charge in [0, 0.05) is 4.47 Å². The molecule has 1 spiro atoms. The van der Waals surface area contributed by atoms with Crippen LogP contribution in [0.1, 0.15) is 26.2 Å². The average Bonchev–Trinajstić information content (AvgIpc) is 3.27. The molecule has 0 radical (unpaired) electrons. The van der Waals surface area contributed by atoms with Gasteiger partial charge in [0.15, 0.2) is 0 Å². The fourth-order valence-electron chi connectivity index (χ4n) is 4.26. The van der Waals surface area contributed by atoms with E-state index in [0.717, 1.165) is 29.4 Å². The van der Waals surface area contributed by atoms with Crippen molar-refractivity contribution in [1.29, 1.82) is 0 Å². The van der Waals surface area contributed by atoms with Crippen molar-refractivity contribution in [3.8, 4) is 0 Å². The van der Waals surface area contributed by atoms with Crippen LogP contribution in [-0.2, 0) is 19.1 Å². The Morgan fingerprint density at radius 3 is 2.96 bits per heavy atom. The van der Waals surface area contributed by atoms with Crippen LogP contribution in [0.4, 0.5) is 5.69 Å². The molecule has 2 fully saturated rings. The van der Waals surface area contributed by atoms with Gasteiger partial charge in [-0.2, -0.15) is 0 Å². The van der Waals surface area contributed by atoms with E-state index in [-0.39, 0.29) is 18.0 Å². The largest absolute Gasteiger partial charge is 0.465 e. The van der Waals surface area contributed by atoms with Crippen LogP contribution in [0.2, 0.25) is 0 Å². The Morgan fingerprint density at radius 1 is 1.38 bits per heavy atom. The molecule has 4 atom stereocenters. The molecule has 0 unspecified atom stereocenters. The molecule has 138 valence electrons. The van der Waals surface area contributed by atoms with Crippen LogP contribution in [-0.4, -0.2) is 36.7 Å². The third-order valence-electron chi connectivity index (χ3n) is 5.51. The molecule has 1 aromatic rings. The molecular weight excluding hydrogens is 398 g/mol. The fourth-order valence-corrected chi connectivity index (χ4v) is 4.76. The van der Waals surface area contributed by atoms with Crippen molar-refractivity contribution in [2.24, 2.45) is 11.8 Å². The highest BCUT2D eigenvalue weighted by molar-refractivity contribution is 9.10. The van der Waals surface area contributed by atoms with Gasteiger partial charge in [0.1, 0.15) is 11.5 Å². The first-order chi connectivity index (χ1) is 12.6. The van der Waals surface area contributed by atoms with E-state index in [1.807, 2.05) is 36.4 Å². The van der Waals surface area contributed by atoms with Gasteiger partial charge in [-0.3, -0.25) is 9.59 Å². The van der Waals surface area contributed by atoms with E-state index in [1.54, 1.807) is 4.90 Å². The number of nitrogens with zero attached hydrogens (tertiary/aromatic N) is 1. The maximum absolute atomic E-state index is 13.2. The zero-order chi connectivity index (χ0) is 18.3. The molecule has 2 saturated heterocycles. The van der Waals surface area contributed by atoms with E-state index in [2.05, 4.69) is 22.9 Å². The minimum absolute atomic E-state index is 0.0701. The molecule has 4 rings (SSSR count). The van der Waals surface area contributed by atoms with E-state index in [1.165, 1.54) is 0 Å². The third kappa shape index (κ3) is 2.70. The molecule has 26 heavy (non-hydrogen) atoms. The summed E-state index contributed by atoms with van der Waals surface area (Å²) in [5.74, 6) is -1.45. The predicted molar refractivity (Wildman–Crippen MR) is 101 cm³/mol. The second-order valence-corrected chi connectivity index (χ2v) is 8.00. The van der Waals surface area contributed by atoms with E-state index in [9.17, 15) is 9.59 Å². The highest BCUT2D eigenvalue weighted by Gasteiger charge is 2.67. The number of halogens is 1. The van der Waals surface area contributed by atoms with Crippen molar-refractivity contribution in [3.05, 3.63) is 40.9 Å². The second-order valence-electron chi connectivity index (χ2n) is 7.15. The Bertz CT molecular complexity index is 764. The minimum atomic E-state index is -0.718. The SMILES string of the molecule is CCCCCOC(=O)[C@H]1[C@H]2C(=O)N(c3ccccc3Br)C[C@]23C=C[C@H]1O3. The number of benzene rings is 1. The van der Waals surface area contributed by atoms with Crippen LogP contribution < -0.4 is 4.90 Å². The Kier molecular flexibility index (Phi) is 4.65. The van der Waals surface area contributed by atoms with Crippen molar-refractivity contribution in [2.45, 2.75) is 37.9 Å². The number of anilines is 1. The predicted octanol–water partition coefficient (Wildman–Crippen LogP) is 3.47. The number of hydrogen-bond donors (Lipinski definition) is 0. The Hall–Kier alpha value is -1.66. The van der Waals surface area contributed by atoms with Crippen molar-refractivity contribution in [2.75, 3.05) is 18.1 Å². The van der Waals surface area contributed by atoms with Crippen LogP contribution >= 0.6 is 15.9 Å². The molecule has 1 amide bonds. The molecular formula is C20H22BrNO4. The number of carbonyl (C=O) groups excluding carboxylic acids is 2. The topological polar surface area (TPSA) is 55.8 Å². The summed E-state index contributed by atoms with van der Waals surface area (Å²) >= 11 is 3.51. The van der Waals surface area contributed by atoms with Gasteiger partial charge >= 0.3 is 5.97 Å². The lowest BCUT2D eigenvalue weighted by Crippen LogP contribution is -2.40. The first-order valence-electron chi connectivity index (χ1n) is 9.17. The highest BCUT2D eigenvalue weighted by Crippen LogP contribution is 2.53. The lowest BCUT2D eigenvalue weighted by atomic mass is 9.77. The molecule has 3 heterocycles. The molecule has 3 aliphatic rings. The minimum Gasteiger partial charge on any atom is -0.465 e. The summed E-state index contributed by atoms with van der Waals surface area (Å²) in [6, 6.07) is 7.61. The standard InChI is InChI=1S/C20H22BrNO4/c1-2-3-6-11-25-19(24)16-15-9-10-20(26-15)12-22(18(23)17(16)20)14-8-5-4-7-13(14)21/h4-5,7-10,15-17H,2-3,6,11-12H2,1H3/t15-,16-,17+,20-/m1/s1. The first-order valence-corrected chi connectivity index (χ1v) is 9.96. The quantitative estimate of drug-likeness (QED) is 0.402. The molecule has 3 aliphatic heterocycles. The Morgan fingerprint density at radius 2 is 2.19 bits per heavy atom. The summed E-state index contributed by atoms with van der Waals surface area (Å²) in [6.07, 6.45) is 6.45. The number of ether oxygens (including phenoxy) is 2. The molecule has 2 bridgehead atoms. The first kappa shape index (κ1) is 17.7. The van der Waals surface area contributed by atoms with Crippen LogP contribution in [0.5, 0.6) is 0 Å². The maximum Gasteiger partial charge on any atom is 0.312 e. The van der Waals surface area contributed by atoms with Crippen LogP contribution in [0.15, 0.2) is 40.9 Å². The molecule has 0 saturated carbocycles. The number of hydrogen-bond acceptors (Lipinski definition) is 4. The summed E-state index contributed by atoms with van der Waals surface area (Å²) in [6.45, 7) is 2.93. The van der Waals surface area contributed by atoms with E-state index in [4.69, 9.17) is 9.47 Å². The van der Waals surface area contributed by atoms with Gasteiger partial charge in [0.25, 0.3) is 0 Å². The van der Waals surface area contributed by atoms with Gasteiger partial charge in [-0.25, -0.2) is 0 Å². The van der Waals surface area contributed by atoms with Crippen molar-refractivity contribution in [1.82, 2.24) is 0 Å². The zero-order valence-electron chi connectivity index (χ0n) is 14.7.